The summed E-state index contributed by atoms with van der Waals surface area (Å²) < 4.78 is 2.04. The summed E-state index contributed by atoms with van der Waals surface area (Å²) in [7, 11) is 4.03. The summed E-state index contributed by atoms with van der Waals surface area (Å²) >= 11 is 7.75. The van der Waals surface area contributed by atoms with Gasteiger partial charge in [0.15, 0.2) is 5.96 Å². The van der Waals surface area contributed by atoms with Gasteiger partial charge in [-0.1, -0.05) is 18.5 Å². The Morgan fingerprint density at radius 1 is 1.48 bits per heavy atom. The Bertz CT molecular complexity index is 661. The molecule has 0 bridgehead atoms. The van der Waals surface area contributed by atoms with Crippen molar-refractivity contribution in [3.8, 4) is 0 Å². The molecule has 5 nitrogen and oxygen atoms in total. The number of rotatable bonds is 6. The van der Waals surface area contributed by atoms with Crippen LogP contribution in [0, 0.1) is 0 Å². The van der Waals surface area contributed by atoms with Gasteiger partial charge in [-0.2, -0.15) is 0 Å². The minimum absolute atomic E-state index is 0.594. The third-order valence-electron chi connectivity index (χ3n) is 3.46. The minimum atomic E-state index is 0.594. The van der Waals surface area contributed by atoms with E-state index < -0.39 is 0 Å². The van der Waals surface area contributed by atoms with E-state index >= 15 is 0 Å². The molecule has 23 heavy (non-hydrogen) atoms. The smallest absolute Gasteiger partial charge is 0.194 e. The van der Waals surface area contributed by atoms with Gasteiger partial charge in [-0.3, -0.25) is 0 Å². The van der Waals surface area contributed by atoms with Gasteiger partial charge in [0.25, 0.3) is 0 Å². The molecule has 0 unspecified atom stereocenters. The Morgan fingerprint density at radius 2 is 2.26 bits per heavy atom. The molecule has 2 heterocycles. The lowest BCUT2D eigenvalue weighted by Crippen LogP contribution is -2.38. The maximum atomic E-state index is 6.05. The van der Waals surface area contributed by atoms with Crippen molar-refractivity contribution >= 4 is 28.9 Å². The molecular weight excluding hydrogens is 330 g/mol. The van der Waals surface area contributed by atoms with Gasteiger partial charge in [-0.15, -0.1) is 11.3 Å². The Labute approximate surface area is 147 Å². The highest BCUT2D eigenvalue weighted by Crippen LogP contribution is 2.15. The molecule has 0 aliphatic heterocycles. The highest BCUT2D eigenvalue weighted by Gasteiger charge is 2.10. The first kappa shape index (κ1) is 17.8. The molecule has 2 aromatic rings. The first-order chi connectivity index (χ1) is 11.0. The predicted octanol–water partition coefficient (Wildman–Crippen LogP) is 3.29. The summed E-state index contributed by atoms with van der Waals surface area (Å²) in [6, 6.07) is 1.98. The first-order valence-electron chi connectivity index (χ1n) is 7.77. The second-order valence-electron chi connectivity index (χ2n) is 5.37. The van der Waals surface area contributed by atoms with Gasteiger partial charge in [0.2, 0.25) is 0 Å². The van der Waals surface area contributed by atoms with Crippen LogP contribution in [0.25, 0.3) is 0 Å². The van der Waals surface area contributed by atoms with E-state index in [9.17, 15) is 0 Å². The lowest BCUT2D eigenvalue weighted by Gasteiger charge is -2.22. The number of halogens is 1. The number of nitrogens with zero attached hydrogens (tertiary/aromatic N) is 4. The fourth-order valence-corrected chi connectivity index (χ4v) is 3.26. The average Bonchev–Trinajstić information content (AvgIpc) is 3.10. The van der Waals surface area contributed by atoms with Crippen LogP contribution in [0.4, 0.5) is 0 Å². The number of thiazole rings is 1. The number of hydrogen-bond donors (Lipinski definition) is 1. The molecule has 0 aliphatic carbocycles. The van der Waals surface area contributed by atoms with Crippen molar-refractivity contribution in [1.29, 1.82) is 0 Å². The van der Waals surface area contributed by atoms with Crippen LogP contribution in [0.1, 0.15) is 30.2 Å². The van der Waals surface area contributed by atoms with Gasteiger partial charge < -0.3 is 14.8 Å². The van der Waals surface area contributed by atoms with Crippen molar-refractivity contribution in [2.75, 3.05) is 13.6 Å². The van der Waals surface area contributed by atoms with Crippen molar-refractivity contribution in [3.05, 3.63) is 39.1 Å². The van der Waals surface area contributed by atoms with Gasteiger partial charge in [0.05, 0.1) is 28.8 Å². The Morgan fingerprint density at radius 3 is 2.83 bits per heavy atom. The zero-order valence-electron chi connectivity index (χ0n) is 14.1. The quantitative estimate of drug-likeness (QED) is 0.640. The highest BCUT2D eigenvalue weighted by molar-refractivity contribution is 7.09. The Balaban J connectivity index is 2.06. The van der Waals surface area contributed by atoms with Crippen LogP contribution in [0.2, 0.25) is 5.02 Å². The summed E-state index contributed by atoms with van der Waals surface area (Å²) in [5.74, 6) is 0.871. The van der Waals surface area contributed by atoms with Crippen LogP contribution in [-0.2, 0) is 26.6 Å². The third kappa shape index (κ3) is 4.97. The molecule has 0 fully saturated rings. The number of aromatic nitrogens is 2. The molecule has 2 rings (SSSR count). The van der Waals surface area contributed by atoms with Crippen molar-refractivity contribution < 1.29 is 0 Å². The molecule has 0 atom stereocenters. The summed E-state index contributed by atoms with van der Waals surface area (Å²) in [6.07, 6.45) is 2.89. The lowest BCUT2D eigenvalue weighted by molar-refractivity contribution is 0.461. The van der Waals surface area contributed by atoms with Crippen LogP contribution < -0.4 is 5.32 Å². The van der Waals surface area contributed by atoms with Crippen molar-refractivity contribution in [2.45, 2.75) is 33.4 Å². The van der Waals surface area contributed by atoms with E-state index in [-0.39, 0.29) is 0 Å². The van der Waals surface area contributed by atoms with E-state index in [1.807, 2.05) is 30.9 Å². The summed E-state index contributed by atoms with van der Waals surface area (Å²) in [5.41, 5.74) is 2.17. The van der Waals surface area contributed by atoms with E-state index in [1.165, 1.54) is 0 Å². The summed E-state index contributed by atoms with van der Waals surface area (Å²) in [4.78, 5) is 11.4. The van der Waals surface area contributed by atoms with Gasteiger partial charge in [-0.05, 0) is 19.4 Å². The van der Waals surface area contributed by atoms with E-state index in [0.29, 0.717) is 6.54 Å². The molecular formula is C16H24ClN5S. The van der Waals surface area contributed by atoms with E-state index in [4.69, 9.17) is 16.6 Å². The zero-order valence-corrected chi connectivity index (χ0v) is 15.7. The Kier molecular flexibility index (Phi) is 6.47. The fraction of sp³-hybridized carbons (Fsp3) is 0.500. The topological polar surface area (TPSA) is 45.5 Å². The van der Waals surface area contributed by atoms with Crippen LogP contribution in [-0.4, -0.2) is 34.0 Å². The average molecular weight is 354 g/mol. The predicted molar refractivity (Wildman–Crippen MR) is 98.2 cm³/mol. The SMILES string of the molecule is CCNC(=NCc1csc(CC)n1)N(C)Cc1cc(Cl)cn1C. The highest BCUT2D eigenvalue weighted by atomic mass is 35.5. The molecule has 0 aromatic carbocycles. The molecule has 7 heteroatoms. The lowest BCUT2D eigenvalue weighted by atomic mass is 10.4. The number of hydrogen-bond acceptors (Lipinski definition) is 3. The monoisotopic (exact) mass is 353 g/mol. The van der Waals surface area contributed by atoms with Crippen molar-refractivity contribution in [1.82, 2.24) is 19.8 Å². The number of guanidine groups is 1. The summed E-state index contributed by atoms with van der Waals surface area (Å²) in [5, 5.41) is 7.33. The van der Waals surface area contributed by atoms with Crippen LogP contribution in [0.3, 0.4) is 0 Å². The molecule has 126 valence electrons. The Hall–Kier alpha value is -1.53. The standard InChI is InChI=1S/C16H24ClN5S/c1-5-15-20-13(11-23-15)8-19-16(18-6-2)22(4)10-14-7-12(17)9-21(14)3/h7,9,11H,5-6,8,10H2,1-4H3,(H,18,19). The second-order valence-corrected chi connectivity index (χ2v) is 6.75. The van der Waals surface area contributed by atoms with E-state index in [1.54, 1.807) is 11.3 Å². The maximum Gasteiger partial charge on any atom is 0.194 e. The largest absolute Gasteiger partial charge is 0.357 e. The van der Waals surface area contributed by atoms with E-state index in [2.05, 4.69) is 34.4 Å². The third-order valence-corrected chi connectivity index (χ3v) is 4.71. The fourth-order valence-electron chi connectivity index (χ4n) is 2.25. The molecule has 0 amide bonds. The zero-order chi connectivity index (χ0) is 16.8. The van der Waals surface area contributed by atoms with Crippen LogP contribution >= 0.6 is 22.9 Å². The molecule has 0 spiro atoms. The van der Waals surface area contributed by atoms with E-state index in [0.717, 1.165) is 46.9 Å². The van der Waals surface area contributed by atoms with Gasteiger partial charge in [0.1, 0.15) is 0 Å². The van der Waals surface area contributed by atoms with Crippen LogP contribution in [0.15, 0.2) is 22.6 Å². The normalized spacial score (nSPS) is 11.8. The summed E-state index contributed by atoms with van der Waals surface area (Å²) in [6.45, 7) is 6.35. The molecule has 1 N–H and O–H groups in total. The first-order valence-corrected chi connectivity index (χ1v) is 9.02. The molecule has 0 saturated carbocycles. The molecule has 0 radical (unpaired) electrons. The number of aliphatic imine (C=N–C) groups is 1. The second kappa shape index (κ2) is 8.36. The maximum absolute atomic E-state index is 6.05. The number of aryl methyl sites for hydroxylation is 2. The molecule has 2 aromatic heterocycles. The van der Waals surface area contributed by atoms with Gasteiger partial charge in [0, 0.05) is 37.9 Å². The molecule has 0 saturated heterocycles. The van der Waals surface area contributed by atoms with Crippen molar-refractivity contribution in [2.24, 2.45) is 12.0 Å². The minimum Gasteiger partial charge on any atom is -0.357 e. The number of nitrogens with one attached hydrogen (secondary N) is 1. The van der Waals surface area contributed by atoms with Gasteiger partial charge >= 0.3 is 0 Å². The van der Waals surface area contributed by atoms with Crippen molar-refractivity contribution in [3.63, 3.8) is 0 Å². The van der Waals surface area contributed by atoms with Crippen LogP contribution in [0.5, 0.6) is 0 Å². The van der Waals surface area contributed by atoms with Gasteiger partial charge in [-0.25, -0.2) is 9.98 Å². The molecule has 0 aliphatic rings.